The predicted molar refractivity (Wildman–Crippen MR) is 50.6 cm³/mol. The smallest absolute Gasteiger partial charge is 0.244 e. The zero-order valence-electron chi connectivity index (χ0n) is 6.52. The molecule has 0 atom stereocenters. The van der Waals surface area contributed by atoms with E-state index >= 15 is 0 Å². The Hall–Kier alpha value is -1.73. The third-order valence-corrected chi connectivity index (χ3v) is 2.41. The standard InChI is InChI=1S/C9H4N2OS/c10-5-8-11-7-4-2-1-3-6(7)9(12)13-8/h1-4H. The van der Waals surface area contributed by atoms with Crippen LogP contribution in [0.3, 0.4) is 0 Å². The van der Waals surface area contributed by atoms with E-state index in [0.29, 0.717) is 10.9 Å². The minimum absolute atomic E-state index is 0.109. The molecular weight excluding hydrogens is 184 g/mol. The zero-order valence-corrected chi connectivity index (χ0v) is 7.34. The fourth-order valence-corrected chi connectivity index (χ4v) is 1.71. The second-order valence-electron chi connectivity index (χ2n) is 2.44. The molecule has 13 heavy (non-hydrogen) atoms. The molecule has 0 saturated carbocycles. The molecule has 0 fully saturated rings. The SMILES string of the molecule is N#Cc1nc2ccccc2c(=O)s1. The van der Waals surface area contributed by atoms with Crippen LogP contribution >= 0.6 is 11.3 Å². The number of rotatable bonds is 0. The van der Waals surface area contributed by atoms with Gasteiger partial charge in [-0.05, 0) is 12.1 Å². The molecule has 0 aliphatic carbocycles. The van der Waals surface area contributed by atoms with E-state index in [-0.39, 0.29) is 9.75 Å². The Morgan fingerprint density at radius 2 is 2.15 bits per heavy atom. The first-order valence-corrected chi connectivity index (χ1v) is 4.43. The van der Waals surface area contributed by atoms with E-state index in [9.17, 15) is 4.79 Å². The zero-order chi connectivity index (χ0) is 9.26. The molecule has 0 aliphatic heterocycles. The van der Waals surface area contributed by atoms with Crippen molar-refractivity contribution < 1.29 is 0 Å². The van der Waals surface area contributed by atoms with Gasteiger partial charge in [0.1, 0.15) is 6.07 Å². The van der Waals surface area contributed by atoms with E-state index in [0.717, 1.165) is 11.3 Å². The summed E-state index contributed by atoms with van der Waals surface area (Å²) in [6.07, 6.45) is 0. The molecule has 1 heterocycles. The molecule has 0 amide bonds. The van der Waals surface area contributed by atoms with Gasteiger partial charge in [-0.25, -0.2) is 4.98 Å². The summed E-state index contributed by atoms with van der Waals surface area (Å²) in [6, 6.07) is 8.88. The minimum atomic E-state index is -0.109. The molecule has 0 radical (unpaired) electrons. The van der Waals surface area contributed by atoms with Gasteiger partial charge in [-0.15, -0.1) is 0 Å². The number of hydrogen-bond donors (Lipinski definition) is 0. The number of nitrogens with zero attached hydrogens (tertiary/aromatic N) is 2. The van der Waals surface area contributed by atoms with Crippen LogP contribution < -0.4 is 4.74 Å². The van der Waals surface area contributed by atoms with Crippen molar-refractivity contribution in [3.05, 3.63) is 38.8 Å². The molecule has 1 aromatic heterocycles. The van der Waals surface area contributed by atoms with Crippen LogP contribution in [0.2, 0.25) is 0 Å². The van der Waals surface area contributed by atoms with E-state index in [2.05, 4.69) is 4.98 Å². The van der Waals surface area contributed by atoms with Gasteiger partial charge in [0.15, 0.2) is 5.01 Å². The fraction of sp³-hybridized carbons (Fsp3) is 0. The highest BCUT2D eigenvalue weighted by molar-refractivity contribution is 7.10. The Morgan fingerprint density at radius 1 is 1.38 bits per heavy atom. The highest BCUT2D eigenvalue weighted by Gasteiger charge is 2.01. The maximum Gasteiger partial charge on any atom is 0.244 e. The van der Waals surface area contributed by atoms with Crippen molar-refractivity contribution in [2.24, 2.45) is 0 Å². The van der Waals surface area contributed by atoms with Crippen molar-refractivity contribution in [2.75, 3.05) is 0 Å². The third-order valence-electron chi connectivity index (χ3n) is 1.63. The summed E-state index contributed by atoms with van der Waals surface area (Å²) in [5.41, 5.74) is 0.586. The molecule has 0 saturated heterocycles. The normalized spacial score (nSPS) is 9.77. The minimum Gasteiger partial charge on any atom is -0.277 e. The fourth-order valence-electron chi connectivity index (χ4n) is 1.07. The van der Waals surface area contributed by atoms with E-state index in [1.807, 2.05) is 6.07 Å². The number of nitriles is 1. The highest BCUT2D eigenvalue weighted by Crippen LogP contribution is 2.09. The van der Waals surface area contributed by atoms with Gasteiger partial charge in [-0.3, -0.25) is 4.79 Å². The lowest BCUT2D eigenvalue weighted by atomic mass is 10.2. The van der Waals surface area contributed by atoms with Crippen LogP contribution in [0.25, 0.3) is 10.9 Å². The summed E-state index contributed by atoms with van der Waals surface area (Å²) in [4.78, 5) is 15.4. The molecule has 0 N–H and O–H groups in total. The Labute approximate surface area is 77.9 Å². The molecule has 4 heteroatoms. The number of aromatic nitrogens is 1. The second kappa shape index (κ2) is 2.96. The van der Waals surface area contributed by atoms with Gasteiger partial charge in [0, 0.05) is 0 Å². The van der Waals surface area contributed by atoms with Crippen LogP contribution in [0.15, 0.2) is 29.1 Å². The van der Waals surface area contributed by atoms with E-state index < -0.39 is 0 Å². The van der Waals surface area contributed by atoms with Crippen LogP contribution in [0.4, 0.5) is 0 Å². The first kappa shape index (κ1) is 7.90. The topological polar surface area (TPSA) is 53.8 Å². The van der Waals surface area contributed by atoms with Gasteiger partial charge in [0.25, 0.3) is 0 Å². The predicted octanol–water partition coefficient (Wildman–Crippen LogP) is 1.53. The van der Waals surface area contributed by atoms with Gasteiger partial charge >= 0.3 is 0 Å². The molecule has 62 valence electrons. The monoisotopic (exact) mass is 188 g/mol. The summed E-state index contributed by atoms with van der Waals surface area (Å²) in [5.74, 6) is 0. The highest BCUT2D eigenvalue weighted by atomic mass is 32.1. The molecule has 2 rings (SSSR count). The van der Waals surface area contributed by atoms with E-state index in [1.54, 1.807) is 24.3 Å². The second-order valence-corrected chi connectivity index (χ2v) is 3.40. The Morgan fingerprint density at radius 3 is 2.92 bits per heavy atom. The molecule has 2 aromatic rings. The van der Waals surface area contributed by atoms with E-state index in [1.165, 1.54) is 0 Å². The molecule has 0 aliphatic rings. The largest absolute Gasteiger partial charge is 0.277 e. The van der Waals surface area contributed by atoms with Crippen molar-refractivity contribution in [2.45, 2.75) is 0 Å². The van der Waals surface area contributed by atoms with E-state index in [4.69, 9.17) is 5.26 Å². The maximum atomic E-state index is 11.4. The third kappa shape index (κ3) is 1.30. The van der Waals surface area contributed by atoms with Gasteiger partial charge in [0.05, 0.1) is 10.9 Å². The first-order valence-electron chi connectivity index (χ1n) is 3.61. The van der Waals surface area contributed by atoms with Gasteiger partial charge < -0.3 is 0 Å². The van der Waals surface area contributed by atoms with Crippen molar-refractivity contribution in [1.82, 2.24) is 4.98 Å². The van der Waals surface area contributed by atoms with Crippen molar-refractivity contribution in [3.63, 3.8) is 0 Å². The number of fused-ring (bicyclic) bond motifs is 1. The van der Waals surface area contributed by atoms with Gasteiger partial charge in [0.2, 0.25) is 4.74 Å². The molecule has 0 spiro atoms. The van der Waals surface area contributed by atoms with Crippen LogP contribution in [-0.4, -0.2) is 4.98 Å². The molecule has 3 nitrogen and oxygen atoms in total. The average molecular weight is 188 g/mol. The molecule has 1 aromatic carbocycles. The Kier molecular flexibility index (Phi) is 1.80. The van der Waals surface area contributed by atoms with Crippen molar-refractivity contribution in [3.8, 4) is 6.07 Å². The van der Waals surface area contributed by atoms with Crippen molar-refractivity contribution >= 4 is 22.2 Å². The lowest BCUT2D eigenvalue weighted by Crippen LogP contribution is -1.98. The molecular formula is C9H4N2OS. The molecule has 0 unspecified atom stereocenters. The summed E-state index contributed by atoms with van der Waals surface area (Å²) in [5, 5.41) is 9.37. The summed E-state index contributed by atoms with van der Waals surface area (Å²) in [7, 11) is 0. The van der Waals surface area contributed by atoms with Crippen LogP contribution in [0, 0.1) is 11.3 Å². The summed E-state index contributed by atoms with van der Waals surface area (Å²) < 4.78 is -0.109. The Bertz CT molecular complexity index is 553. The molecule has 0 bridgehead atoms. The van der Waals surface area contributed by atoms with Gasteiger partial charge in [-0.1, -0.05) is 23.5 Å². The quantitative estimate of drug-likeness (QED) is 0.630. The van der Waals surface area contributed by atoms with Crippen LogP contribution in [-0.2, 0) is 0 Å². The number of para-hydroxylation sites is 1. The van der Waals surface area contributed by atoms with Crippen LogP contribution in [0.1, 0.15) is 5.01 Å². The first-order chi connectivity index (χ1) is 6.31. The maximum absolute atomic E-state index is 11.4. The Balaban J connectivity index is 2.95. The van der Waals surface area contributed by atoms with Gasteiger partial charge in [-0.2, -0.15) is 5.26 Å². The average Bonchev–Trinajstić information content (AvgIpc) is 2.18. The summed E-state index contributed by atoms with van der Waals surface area (Å²) >= 11 is 0.879. The summed E-state index contributed by atoms with van der Waals surface area (Å²) in [6.45, 7) is 0. The lowest BCUT2D eigenvalue weighted by molar-refractivity contribution is 1.38. The number of hydrogen-bond acceptors (Lipinski definition) is 4. The van der Waals surface area contributed by atoms with Crippen LogP contribution in [0.5, 0.6) is 0 Å². The number of benzene rings is 1. The van der Waals surface area contributed by atoms with Crippen molar-refractivity contribution in [1.29, 1.82) is 5.26 Å². The lowest BCUT2D eigenvalue weighted by Gasteiger charge is -1.93.